The van der Waals surface area contributed by atoms with Gasteiger partial charge in [-0.15, -0.1) is 0 Å². The smallest absolute Gasteiger partial charge is 0.150 e. The third-order valence-electron chi connectivity index (χ3n) is 2.08. The molecule has 0 saturated carbocycles. The first-order valence-corrected chi connectivity index (χ1v) is 4.82. The van der Waals surface area contributed by atoms with Crippen LogP contribution in [0.3, 0.4) is 0 Å². The lowest BCUT2D eigenvalue weighted by Gasteiger charge is -2.03. The molecule has 0 saturated heterocycles. The number of nitriles is 1. The summed E-state index contributed by atoms with van der Waals surface area (Å²) in [6.45, 7) is 0. The first-order valence-electron chi connectivity index (χ1n) is 4.44. The van der Waals surface area contributed by atoms with E-state index in [1.807, 2.05) is 6.07 Å². The van der Waals surface area contributed by atoms with Crippen LogP contribution in [0, 0.1) is 11.3 Å². The maximum Gasteiger partial charge on any atom is 0.150 e. The molecule has 2 aromatic rings. The van der Waals surface area contributed by atoms with Crippen molar-refractivity contribution < 1.29 is 4.79 Å². The SMILES string of the molecule is N#Cc1cc(C=O)ccc1-n1cc(Cl)cn1. The number of halogens is 1. The Balaban J connectivity index is 2.57. The Kier molecular flexibility index (Phi) is 2.71. The molecule has 0 N–H and O–H groups in total. The minimum absolute atomic E-state index is 0.379. The molecule has 0 bridgehead atoms. The largest absolute Gasteiger partial charge is 0.298 e. The highest BCUT2D eigenvalue weighted by molar-refractivity contribution is 6.30. The van der Waals surface area contributed by atoms with E-state index in [4.69, 9.17) is 16.9 Å². The van der Waals surface area contributed by atoms with Crippen LogP contribution in [-0.4, -0.2) is 16.1 Å². The van der Waals surface area contributed by atoms with Crippen LogP contribution in [0.5, 0.6) is 0 Å². The molecule has 0 aliphatic heterocycles. The lowest BCUT2D eigenvalue weighted by atomic mass is 10.1. The number of nitrogens with zero attached hydrogens (tertiary/aromatic N) is 3. The molecular weight excluding hydrogens is 226 g/mol. The number of aldehydes is 1. The van der Waals surface area contributed by atoms with Gasteiger partial charge in [-0.1, -0.05) is 11.6 Å². The predicted octanol–water partition coefficient (Wildman–Crippen LogP) is 2.21. The average molecular weight is 232 g/mol. The maximum atomic E-state index is 10.6. The van der Waals surface area contributed by atoms with E-state index in [0.717, 1.165) is 0 Å². The summed E-state index contributed by atoms with van der Waals surface area (Å²) in [7, 11) is 0. The molecule has 0 aliphatic rings. The van der Waals surface area contributed by atoms with Crippen LogP contribution >= 0.6 is 11.6 Å². The standard InChI is InChI=1S/C11H6ClN3O/c12-10-5-14-15(6-10)11-2-1-8(7-16)3-9(11)4-13/h1-3,5-7H. The Morgan fingerprint density at radius 1 is 1.50 bits per heavy atom. The van der Waals surface area contributed by atoms with Crippen molar-refractivity contribution in [1.29, 1.82) is 5.26 Å². The van der Waals surface area contributed by atoms with Gasteiger partial charge in [-0.25, -0.2) is 4.68 Å². The van der Waals surface area contributed by atoms with Crippen molar-refractivity contribution in [3.63, 3.8) is 0 Å². The summed E-state index contributed by atoms with van der Waals surface area (Å²) >= 11 is 5.74. The van der Waals surface area contributed by atoms with E-state index in [1.165, 1.54) is 16.9 Å². The van der Waals surface area contributed by atoms with Crippen LogP contribution in [-0.2, 0) is 0 Å². The summed E-state index contributed by atoms with van der Waals surface area (Å²) in [4.78, 5) is 10.6. The molecule has 0 fully saturated rings. The maximum absolute atomic E-state index is 10.6. The topological polar surface area (TPSA) is 58.7 Å². The van der Waals surface area contributed by atoms with E-state index in [1.54, 1.807) is 18.3 Å². The highest BCUT2D eigenvalue weighted by atomic mass is 35.5. The summed E-state index contributed by atoms with van der Waals surface area (Å²) < 4.78 is 1.50. The number of hydrogen-bond acceptors (Lipinski definition) is 3. The quantitative estimate of drug-likeness (QED) is 0.745. The van der Waals surface area contributed by atoms with Crippen LogP contribution in [0.15, 0.2) is 30.6 Å². The van der Waals surface area contributed by atoms with Gasteiger partial charge in [0.2, 0.25) is 0 Å². The fourth-order valence-electron chi connectivity index (χ4n) is 1.35. The predicted molar refractivity (Wildman–Crippen MR) is 58.7 cm³/mol. The second-order valence-electron chi connectivity index (χ2n) is 3.11. The Hall–Kier alpha value is -2.12. The monoisotopic (exact) mass is 231 g/mol. The summed E-state index contributed by atoms with van der Waals surface area (Å²) in [5, 5.41) is 13.5. The second kappa shape index (κ2) is 4.17. The molecule has 2 rings (SSSR count). The van der Waals surface area contributed by atoms with Gasteiger partial charge >= 0.3 is 0 Å². The van der Waals surface area contributed by atoms with Gasteiger partial charge in [0, 0.05) is 11.8 Å². The fraction of sp³-hybridized carbons (Fsp3) is 0. The zero-order chi connectivity index (χ0) is 11.5. The molecule has 78 valence electrons. The molecule has 0 radical (unpaired) electrons. The molecule has 1 aromatic heterocycles. The molecule has 4 nitrogen and oxygen atoms in total. The van der Waals surface area contributed by atoms with Crippen LogP contribution in [0.2, 0.25) is 5.02 Å². The summed E-state index contributed by atoms with van der Waals surface area (Å²) in [6.07, 6.45) is 3.77. The van der Waals surface area contributed by atoms with E-state index >= 15 is 0 Å². The van der Waals surface area contributed by atoms with E-state index in [2.05, 4.69) is 5.10 Å². The van der Waals surface area contributed by atoms with Gasteiger partial charge in [-0.05, 0) is 18.2 Å². The number of carbonyl (C=O) groups excluding carboxylic acids is 1. The van der Waals surface area contributed by atoms with Gasteiger partial charge in [-0.3, -0.25) is 4.79 Å². The lowest BCUT2D eigenvalue weighted by molar-refractivity contribution is 0.112. The second-order valence-corrected chi connectivity index (χ2v) is 3.55. The molecule has 5 heteroatoms. The Morgan fingerprint density at radius 2 is 2.31 bits per heavy atom. The van der Waals surface area contributed by atoms with E-state index in [9.17, 15) is 4.79 Å². The highest BCUT2D eigenvalue weighted by Crippen LogP contribution is 2.16. The normalized spacial score (nSPS) is 9.75. The number of aromatic nitrogens is 2. The lowest BCUT2D eigenvalue weighted by Crippen LogP contribution is -1.98. The van der Waals surface area contributed by atoms with E-state index in [0.29, 0.717) is 28.1 Å². The fourth-order valence-corrected chi connectivity index (χ4v) is 1.48. The first-order chi connectivity index (χ1) is 7.74. The first kappa shape index (κ1) is 10.4. The number of hydrogen-bond donors (Lipinski definition) is 0. The minimum atomic E-state index is 0.379. The molecule has 1 heterocycles. The molecule has 0 amide bonds. The van der Waals surface area contributed by atoms with Crippen molar-refractivity contribution in [3.05, 3.63) is 46.7 Å². The minimum Gasteiger partial charge on any atom is -0.298 e. The van der Waals surface area contributed by atoms with Crippen molar-refractivity contribution in [2.75, 3.05) is 0 Å². The number of benzene rings is 1. The summed E-state index contributed by atoms with van der Waals surface area (Å²) in [5.74, 6) is 0. The number of rotatable bonds is 2. The number of carbonyl (C=O) groups is 1. The summed E-state index contributed by atoms with van der Waals surface area (Å²) in [6, 6.07) is 6.81. The van der Waals surface area contributed by atoms with Gasteiger partial charge in [0.25, 0.3) is 0 Å². The van der Waals surface area contributed by atoms with Crippen molar-refractivity contribution in [2.45, 2.75) is 0 Å². The molecule has 0 unspecified atom stereocenters. The molecule has 16 heavy (non-hydrogen) atoms. The van der Waals surface area contributed by atoms with Crippen LogP contribution in [0.1, 0.15) is 15.9 Å². The van der Waals surface area contributed by atoms with Crippen LogP contribution in [0.25, 0.3) is 5.69 Å². The molecule has 0 aliphatic carbocycles. The third-order valence-corrected chi connectivity index (χ3v) is 2.27. The van der Waals surface area contributed by atoms with Crippen LogP contribution < -0.4 is 0 Å². The molecule has 0 atom stereocenters. The molecular formula is C11H6ClN3O. The van der Waals surface area contributed by atoms with Crippen molar-refractivity contribution >= 4 is 17.9 Å². The third kappa shape index (κ3) is 1.81. The van der Waals surface area contributed by atoms with Gasteiger partial charge in [0.05, 0.1) is 22.5 Å². The average Bonchev–Trinajstić information content (AvgIpc) is 2.74. The Bertz CT molecular complexity index is 583. The zero-order valence-corrected chi connectivity index (χ0v) is 8.85. The summed E-state index contributed by atoms with van der Waals surface area (Å²) in [5.41, 5.74) is 1.43. The van der Waals surface area contributed by atoms with Gasteiger partial charge in [0.1, 0.15) is 12.4 Å². The van der Waals surface area contributed by atoms with Gasteiger partial charge < -0.3 is 0 Å². The van der Waals surface area contributed by atoms with Crippen LogP contribution in [0.4, 0.5) is 0 Å². The Morgan fingerprint density at radius 3 is 2.88 bits per heavy atom. The van der Waals surface area contributed by atoms with Gasteiger partial charge in [0.15, 0.2) is 0 Å². The van der Waals surface area contributed by atoms with E-state index in [-0.39, 0.29) is 0 Å². The Labute approximate surface area is 96.7 Å². The molecule has 0 spiro atoms. The van der Waals surface area contributed by atoms with Crippen molar-refractivity contribution in [2.24, 2.45) is 0 Å². The molecule has 1 aromatic carbocycles. The van der Waals surface area contributed by atoms with Crippen molar-refractivity contribution in [1.82, 2.24) is 9.78 Å². The van der Waals surface area contributed by atoms with Crippen molar-refractivity contribution in [3.8, 4) is 11.8 Å². The zero-order valence-electron chi connectivity index (χ0n) is 8.09. The highest BCUT2D eigenvalue weighted by Gasteiger charge is 2.06. The van der Waals surface area contributed by atoms with Gasteiger partial charge in [-0.2, -0.15) is 10.4 Å². The van der Waals surface area contributed by atoms with E-state index < -0.39 is 0 Å².